The first kappa shape index (κ1) is 16.2. The Morgan fingerprint density at radius 2 is 1.91 bits per heavy atom. The van der Waals surface area contributed by atoms with Crippen LogP contribution < -0.4 is 4.72 Å². The molecule has 2 rings (SSSR count). The predicted molar refractivity (Wildman–Crippen MR) is 85.3 cm³/mol. The van der Waals surface area contributed by atoms with E-state index in [0.717, 1.165) is 12.8 Å². The zero-order chi connectivity index (χ0) is 16.0. The van der Waals surface area contributed by atoms with Gasteiger partial charge in [0.2, 0.25) is 0 Å². The molecule has 1 aromatic carbocycles. The minimum absolute atomic E-state index is 0.0809. The number of hydrogen-bond acceptors (Lipinski definition) is 4. The van der Waals surface area contributed by atoms with Crippen LogP contribution in [0.1, 0.15) is 36.7 Å². The summed E-state index contributed by atoms with van der Waals surface area (Å²) in [5.41, 5.74) is 0.611. The summed E-state index contributed by atoms with van der Waals surface area (Å²) in [5, 5.41) is 0. The second kappa shape index (κ2) is 7.17. The molecule has 6 heteroatoms. The van der Waals surface area contributed by atoms with Gasteiger partial charge in [0.15, 0.2) is 5.78 Å². The van der Waals surface area contributed by atoms with Gasteiger partial charge in [-0.05, 0) is 30.7 Å². The molecule has 1 N–H and O–H groups in total. The predicted octanol–water partition coefficient (Wildman–Crippen LogP) is 3.26. The summed E-state index contributed by atoms with van der Waals surface area (Å²) >= 11 is 0. The molecule has 116 valence electrons. The quantitative estimate of drug-likeness (QED) is 0.795. The van der Waals surface area contributed by atoms with Gasteiger partial charge in [0.25, 0.3) is 10.0 Å². The molecule has 0 spiro atoms. The summed E-state index contributed by atoms with van der Waals surface area (Å²) < 4.78 is 26.9. The van der Waals surface area contributed by atoms with E-state index in [4.69, 9.17) is 0 Å². The van der Waals surface area contributed by atoms with Crippen molar-refractivity contribution in [1.29, 1.82) is 0 Å². The maximum atomic E-state index is 12.2. The Balaban J connectivity index is 2.19. The van der Waals surface area contributed by atoms with E-state index in [2.05, 4.69) is 9.71 Å². The number of anilines is 1. The van der Waals surface area contributed by atoms with Crippen molar-refractivity contribution >= 4 is 21.5 Å². The molecule has 5 nitrogen and oxygen atoms in total. The van der Waals surface area contributed by atoms with Gasteiger partial charge >= 0.3 is 0 Å². The van der Waals surface area contributed by atoms with Gasteiger partial charge in [0.1, 0.15) is 5.69 Å². The van der Waals surface area contributed by atoms with Crippen molar-refractivity contribution in [3.05, 3.63) is 54.4 Å². The topological polar surface area (TPSA) is 76.1 Å². The van der Waals surface area contributed by atoms with Gasteiger partial charge in [-0.15, -0.1) is 0 Å². The molecule has 0 amide bonds. The largest absolute Gasteiger partial charge is 0.292 e. The van der Waals surface area contributed by atoms with E-state index in [9.17, 15) is 13.2 Å². The van der Waals surface area contributed by atoms with Crippen molar-refractivity contribution in [2.75, 3.05) is 4.72 Å². The molecule has 0 saturated heterocycles. The highest BCUT2D eigenvalue weighted by molar-refractivity contribution is 7.92. The normalized spacial score (nSPS) is 11.1. The van der Waals surface area contributed by atoms with E-state index >= 15 is 0 Å². The van der Waals surface area contributed by atoms with Gasteiger partial charge in [-0.1, -0.05) is 31.5 Å². The molecule has 0 atom stereocenters. The number of Topliss-reactive ketones (excluding diaryl/α,β-unsaturated/α-hetero) is 1. The number of pyridine rings is 1. The molecular weight excluding hydrogens is 300 g/mol. The first-order valence-electron chi connectivity index (χ1n) is 7.10. The zero-order valence-corrected chi connectivity index (χ0v) is 13.1. The Hall–Kier alpha value is -2.21. The van der Waals surface area contributed by atoms with Crippen molar-refractivity contribution < 1.29 is 13.2 Å². The number of unbranched alkanes of at least 4 members (excludes halogenated alkanes) is 1. The van der Waals surface area contributed by atoms with E-state index < -0.39 is 10.0 Å². The average Bonchev–Trinajstić information content (AvgIpc) is 2.53. The maximum absolute atomic E-state index is 12.2. The highest BCUT2D eigenvalue weighted by Gasteiger charge is 2.15. The van der Waals surface area contributed by atoms with Crippen LogP contribution in [0.4, 0.5) is 5.69 Å². The van der Waals surface area contributed by atoms with Crippen LogP contribution in [0.3, 0.4) is 0 Å². The third-order valence-corrected chi connectivity index (χ3v) is 4.51. The van der Waals surface area contributed by atoms with Crippen LogP contribution in [0.15, 0.2) is 53.6 Å². The lowest BCUT2D eigenvalue weighted by atomic mass is 10.1. The number of benzene rings is 1. The third kappa shape index (κ3) is 4.14. The van der Waals surface area contributed by atoms with Crippen LogP contribution >= 0.6 is 0 Å². The Bertz CT molecular complexity index is 743. The lowest BCUT2D eigenvalue weighted by Gasteiger charge is -2.08. The minimum Gasteiger partial charge on any atom is -0.292 e. The molecule has 0 unspecified atom stereocenters. The van der Waals surface area contributed by atoms with Gasteiger partial charge in [-0.25, -0.2) is 8.42 Å². The molecule has 0 radical (unpaired) electrons. The number of rotatable bonds is 7. The number of hydrogen-bond donors (Lipinski definition) is 1. The Labute approximate surface area is 130 Å². The van der Waals surface area contributed by atoms with Crippen LogP contribution in [0.25, 0.3) is 0 Å². The number of carbonyl (C=O) groups excluding carboxylic acids is 1. The Morgan fingerprint density at radius 1 is 1.18 bits per heavy atom. The highest BCUT2D eigenvalue weighted by Crippen LogP contribution is 2.17. The van der Waals surface area contributed by atoms with Crippen molar-refractivity contribution in [2.45, 2.75) is 31.1 Å². The summed E-state index contributed by atoms with van der Waals surface area (Å²) in [4.78, 5) is 16.1. The fourth-order valence-corrected chi connectivity index (χ4v) is 3.00. The molecule has 0 aliphatic rings. The van der Waals surface area contributed by atoms with Crippen molar-refractivity contribution in [1.82, 2.24) is 4.98 Å². The molecule has 0 bridgehead atoms. The molecule has 22 heavy (non-hydrogen) atoms. The monoisotopic (exact) mass is 318 g/mol. The molecule has 0 aliphatic heterocycles. The maximum Gasteiger partial charge on any atom is 0.261 e. The second-order valence-electron chi connectivity index (χ2n) is 4.88. The number of sulfonamides is 1. The van der Waals surface area contributed by atoms with Crippen molar-refractivity contribution in [3.8, 4) is 0 Å². The van der Waals surface area contributed by atoms with Crippen molar-refractivity contribution in [3.63, 3.8) is 0 Å². The highest BCUT2D eigenvalue weighted by atomic mass is 32.2. The van der Waals surface area contributed by atoms with Gasteiger partial charge in [0, 0.05) is 12.6 Å². The first-order chi connectivity index (χ1) is 10.5. The number of aromatic nitrogens is 1. The Morgan fingerprint density at radius 3 is 2.59 bits per heavy atom. The van der Waals surface area contributed by atoms with E-state index in [-0.39, 0.29) is 16.4 Å². The fraction of sp³-hybridized carbons (Fsp3) is 0.250. The van der Waals surface area contributed by atoms with E-state index in [1.54, 1.807) is 18.2 Å². The molecular formula is C16H18N2O3S. The Kier molecular flexibility index (Phi) is 5.27. The summed E-state index contributed by atoms with van der Waals surface area (Å²) in [6.45, 7) is 2.01. The van der Waals surface area contributed by atoms with Crippen molar-refractivity contribution in [2.24, 2.45) is 0 Å². The second-order valence-corrected chi connectivity index (χ2v) is 6.56. The lowest BCUT2D eigenvalue weighted by molar-refractivity contribution is 0.0975. The zero-order valence-electron chi connectivity index (χ0n) is 12.3. The number of nitrogens with one attached hydrogen (secondary N) is 1. The molecule has 1 aromatic heterocycles. The molecule has 0 fully saturated rings. The summed E-state index contributed by atoms with van der Waals surface area (Å²) in [5.74, 6) is -0.0809. The smallest absolute Gasteiger partial charge is 0.261 e. The van der Waals surface area contributed by atoms with E-state index in [1.165, 1.54) is 30.5 Å². The summed E-state index contributed by atoms with van der Waals surface area (Å²) in [6, 6.07) is 11.1. The van der Waals surface area contributed by atoms with Crippen LogP contribution in [-0.4, -0.2) is 19.2 Å². The van der Waals surface area contributed by atoms with Gasteiger partial charge in [-0.3, -0.25) is 14.5 Å². The third-order valence-electron chi connectivity index (χ3n) is 3.11. The fourth-order valence-electron chi connectivity index (χ4n) is 1.93. The molecule has 0 saturated carbocycles. The SMILES string of the molecule is CCCCC(=O)c1cc(NS(=O)(=O)c2ccccc2)ccn1. The standard InChI is InChI=1S/C16H18N2O3S/c1-2-3-9-16(19)15-12-13(10-11-17-15)18-22(20,21)14-7-5-4-6-8-14/h4-8,10-12H,2-3,9H2,1H3,(H,17,18). The number of ketones is 1. The molecule has 1 heterocycles. The molecule has 0 aliphatic carbocycles. The minimum atomic E-state index is -3.66. The van der Waals surface area contributed by atoms with Crippen LogP contribution in [0, 0.1) is 0 Å². The lowest BCUT2D eigenvalue weighted by Crippen LogP contribution is -2.13. The number of nitrogens with zero attached hydrogens (tertiary/aromatic N) is 1. The van der Waals surface area contributed by atoms with Gasteiger partial charge < -0.3 is 0 Å². The van der Waals surface area contributed by atoms with Gasteiger partial charge in [-0.2, -0.15) is 0 Å². The number of carbonyl (C=O) groups is 1. The van der Waals surface area contributed by atoms with Crippen LogP contribution in [-0.2, 0) is 10.0 Å². The summed E-state index contributed by atoms with van der Waals surface area (Å²) in [6.07, 6.45) is 3.56. The summed E-state index contributed by atoms with van der Waals surface area (Å²) in [7, 11) is -3.66. The van der Waals surface area contributed by atoms with Crippen LogP contribution in [0.5, 0.6) is 0 Å². The van der Waals surface area contributed by atoms with Gasteiger partial charge in [0.05, 0.1) is 10.6 Å². The van der Waals surface area contributed by atoms with Crippen LogP contribution in [0.2, 0.25) is 0 Å². The van der Waals surface area contributed by atoms with E-state index in [0.29, 0.717) is 12.1 Å². The first-order valence-corrected chi connectivity index (χ1v) is 8.58. The van der Waals surface area contributed by atoms with E-state index in [1.807, 2.05) is 6.92 Å². The molecule has 2 aromatic rings. The average molecular weight is 318 g/mol.